The first kappa shape index (κ1) is 26.6. The summed E-state index contributed by atoms with van der Waals surface area (Å²) >= 11 is 1.03. The Balaban J connectivity index is 0.00000342. The molecule has 7 nitrogen and oxygen atoms in total. The number of ether oxygens (including phenoxy) is 2. The number of allylic oxidation sites excluding steroid dienone is 1. The van der Waals surface area contributed by atoms with Gasteiger partial charge in [0.15, 0.2) is 5.78 Å². The second kappa shape index (κ2) is 11.6. The van der Waals surface area contributed by atoms with Crippen LogP contribution in [0.15, 0.2) is 66.2 Å². The predicted molar refractivity (Wildman–Crippen MR) is 128 cm³/mol. The molecular weight excluding hydrogens is 475 g/mol. The van der Waals surface area contributed by atoms with Gasteiger partial charge >= 0.3 is 29.6 Å². The van der Waals surface area contributed by atoms with Gasteiger partial charge in [-0.25, -0.2) is 0 Å². The zero-order valence-corrected chi connectivity index (χ0v) is 22.6. The summed E-state index contributed by atoms with van der Waals surface area (Å²) in [6, 6.07) is 17.0. The van der Waals surface area contributed by atoms with E-state index in [4.69, 9.17) is 9.47 Å². The Labute approximate surface area is 229 Å². The van der Waals surface area contributed by atoms with Crippen molar-refractivity contribution in [2.75, 3.05) is 14.2 Å². The average molecular weight is 497 g/mol. The SMILES string of the molecule is COc1ccc(C(=O)/C(Cc2ccc(OC)c(C)c2)=C(/C(=O)[O-])c2ccc3nsnc3c2)cc1.[Na+]. The molecule has 0 aliphatic carbocycles. The van der Waals surface area contributed by atoms with Crippen LogP contribution in [0.25, 0.3) is 16.6 Å². The number of methoxy groups -OCH3 is 2. The number of hydrogen-bond donors (Lipinski definition) is 0. The van der Waals surface area contributed by atoms with E-state index in [1.807, 2.05) is 19.1 Å². The number of carboxylic acid groups (broad SMARTS) is 1. The molecule has 4 rings (SSSR count). The molecule has 4 aromatic rings. The first-order chi connectivity index (χ1) is 16.4. The Kier molecular flexibility index (Phi) is 8.80. The van der Waals surface area contributed by atoms with Crippen LogP contribution in [0.3, 0.4) is 0 Å². The number of nitrogens with zero attached hydrogens (tertiary/aromatic N) is 2. The van der Waals surface area contributed by atoms with Gasteiger partial charge < -0.3 is 19.4 Å². The summed E-state index contributed by atoms with van der Waals surface area (Å²) in [5, 5.41) is 12.4. The number of carbonyl (C=O) groups is 2. The fourth-order valence-electron chi connectivity index (χ4n) is 3.81. The monoisotopic (exact) mass is 496 g/mol. The Morgan fingerprint density at radius 2 is 1.57 bits per heavy atom. The Morgan fingerprint density at radius 1 is 0.886 bits per heavy atom. The maximum absolute atomic E-state index is 13.6. The summed E-state index contributed by atoms with van der Waals surface area (Å²) in [5.74, 6) is -0.553. The first-order valence-electron chi connectivity index (χ1n) is 10.4. The molecule has 0 bridgehead atoms. The van der Waals surface area contributed by atoms with Crippen molar-refractivity contribution in [2.45, 2.75) is 13.3 Å². The molecule has 0 aliphatic heterocycles. The molecule has 9 heteroatoms. The van der Waals surface area contributed by atoms with Crippen LogP contribution in [0, 0.1) is 6.92 Å². The number of benzene rings is 3. The topological polar surface area (TPSA) is 101 Å². The summed E-state index contributed by atoms with van der Waals surface area (Å²) in [6.45, 7) is 1.89. The van der Waals surface area contributed by atoms with Crippen molar-refractivity contribution in [2.24, 2.45) is 0 Å². The third-order valence-corrected chi connectivity index (χ3v) is 6.07. The van der Waals surface area contributed by atoms with Crippen molar-refractivity contribution in [1.29, 1.82) is 0 Å². The van der Waals surface area contributed by atoms with Crippen molar-refractivity contribution in [3.63, 3.8) is 0 Å². The number of Topliss-reactive ketones (excluding diaryl/α,β-unsaturated/α-hetero) is 1. The zero-order chi connectivity index (χ0) is 24.2. The number of carboxylic acids is 1. The minimum absolute atomic E-state index is 0. The van der Waals surface area contributed by atoms with Gasteiger partial charge in [-0.3, -0.25) is 4.79 Å². The van der Waals surface area contributed by atoms with Crippen molar-refractivity contribution in [3.05, 3.63) is 88.5 Å². The molecule has 0 fully saturated rings. The van der Waals surface area contributed by atoms with Crippen molar-refractivity contribution >= 4 is 40.1 Å². The largest absolute Gasteiger partial charge is 1.00 e. The van der Waals surface area contributed by atoms with Crippen LogP contribution >= 0.6 is 11.7 Å². The fourth-order valence-corrected chi connectivity index (χ4v) is 4.32. The van der Waals surface area contributed by atoms with Gasteiger partial charge in [-0.2, -0.15) is 8.75 Å². The van der Waals surface area contributed by atoms with E-state index in [2.05, 4.69) is 8.75 Å². The summed E-state index contributed by atoms with van der Waals surface area (Å²) < 4.78 is 18.9. The zero-order valence-electron chi connectivity index (χ0n) is 19.8. The van der Waals surface area contributed by atoms with E-state index in [1.54, 1.807) is 55.6 Å². The molecule has 0 radical (unpaired) electrons. The molecule has 0 spiro atoms. The second-order valence-electron chi connectivity index (χ2n) is 7.65. The molecule has 0 amide bonds. The number of aromatic nitrogens is 2. The molecule has 0 aliphatic rings. The molecule has 0 atom stereocenters. The van der Waals surface area contributed by atoms with Crippen LogP contribution in [0.2, 0.25) is 0 Å². The van der Waals surface area contributed by atoms with E-state index < -0.39 is 11.8 Å². The van der Waals surface area contributed by atoms with E-state index in [0.29, 0.717) is 33.7 Å². The Morgan fingerprint density at radius 3 is 2.20 bits per heavy atom. The standard InChI is InChI=1S/C26H22N2O5S.Na/c1-15-12-16(4-11-23(15)33-3)13-20(25(29)17-5-8-19(32-2)9-6-17)24(26(30)31)18-7-10-21-22(14-18)28-34-27-21;/h4-12,14H,13H2,1-3H3,(H,30,31);/q;+1/p-1/b24-20+;. The molecule has 3 aromatic carbocycles. The van der Waals surface area contributed by atoms with Gasteiger partial charge in [0, 0.05) is 23.1 Å². The van der Waals surface area contributed by atoms with Crippen LogP contribution < -0.4 is 44.1 Å². The molecule has 172 valence electrons. The van der Waals surface area contributed by atoms with Gasteiger partial charge in [0.2, 0.25) is 0 Å². The van der Waals surface area contributed by atoms with Gasteiger partial charge in [0.25, 0.3) is 0 Å². The number of rotatable bonds is 8. The summed E-state index contributed by atoms with van der Waals surface area (Å²) in [7, 11) is 3.12. The number of hydrogen-bond acceptors (Lipinski definition) is 8. The van der Waals surface area contributed by atoms with Gasteiger partial charge in [-0.1, -0.05) is 18.2 Å². The third kappa shape index (κ3) is 5.79. The Bertz CT molecular complexity index is 1410. The molecule has 1 aromatic heterocycles. The minimum Gasteiger partial charge on any atom is -0.545 e. The quantitative estimate of drug-likeness (QED) is 0.201. The number of ketones is 1. The van der Waals surface area contributed by atoms with Gasteiger partial charge in [0.1, 0.15) is 22.5 Å². The molecule has 0 N–H and O–H groups in total. The van der Waals surface area contributed by atoms with Crippen molar-refractivity contribution in [1.82, 2.24) is 8.75 Å². The van der Waals surface area contributed by atoms with Gasteiger partial charge in [-0.05, 0) is 66.1 Å². The van der Waals surface area contributed by atoms with E-state index in [1.165, 1.54) is 7.11 Å². The van der Waals surface area contributed by atoms with Crippen LogP contribution in [0.1, 0.15) is 27.0 Å². The van der Waals surface area contributed by atoms with E-state index in [9.17, 15) is 14.7 Å². The molecule has 0 unspecified atom stereocenters. The first-order valence-corrected chi connectivity index (χ1v) is 11.1. The Hall–Kier alpha value is -3.04. The smallest absolute Gasteiger partial charge is 0.545 e. The minimum atomic E-state index is -1.44. The third-order valence-electron chi connectivity index (χ3n) is 5.51. The molecule has 1 heterocycles. The maximum Gasteiger partial charge on any atom is 1.00 e. The summed E-state index contributed by atoms with van der Waals surface area (Å²) in [5.41, 5.74) is 3.46. The predicted octanol–water partition coefficient (Wildman–Crippen LogP) is 0.650. The fraction of sp³-hybridized carbons (Fsp3) is 0.154. The number of carbonyl (C=O) groups excluding carboxylic acids is 2. The molecule has 0 saturated carbocycles. The average Bonchev–Trinajstić information content (AvgIpc) is 3.31. The van der Waals surface area contributed by atoms with Gasteiger partial charge in [-0.15, -0.1) is 0 Å². The number of aryl methyl sites for hydroxylation is 1. The number of aliphatic carboxylic acids is 1. The summed E-state index contributed by atoms with van der Waals surface area (Å²) in [4.78, 5) is 26.1. The van der Waals surface area contributed by atoms with Crippen LogP contribution in [-0.2, 0) is 11.2 Å². The van der Waals surface area contributed by atoms with Crippen molar-refractivity contribution < 1.29 is 53.7 Å². The van der Waals surface area contributed by atoms with Crippen molar-refractivity contribution in [3.8, 4) is 11.5 Å². The van der Waals surface area contributed by atoms with E-state index in [0.717, 1.165) is 22.9 Å². The second-order valence-corrected chi connectivity index (χ2v) is 8.18. The molecule has 35 heavy (non-hydrogen) atoms. The van der Waals surface area contributed by atoms with Crippen LogP contribution in [0.5, 0.6) is 11.5 Å². The van der Waals surface area contributed by atoms with E-state index in [-0.39, 0.29) is 47.1 Å². The molecular formula is C26H21N2NaO5S. The number of fused-ring (bicyclic) bond motifs is 1. The molecule has 0 saturated heterocycles. The maximum atomic E-state index is 13.6. The normalized spacial score (nSPS) is 11.4. The van der Waals surface area contributed by atoms with E-state index >= 15 is 0 Å². The summed E-state index contributed by atoms with van der Waals surface area (Å²) in [6.07, 6.45) is 0.0896. The van der Waals surface area contributed by atoms with Crippen LogP contribution in [0.4, 0.5) is 0 Å². The van der Waals surface area contributed by atoms with Crippen LogP contribution in [-0.4, -0.2) is 34.7 Å². The van der Waals surface area contributed by atoms with Gasteiger partial charge in [0.05, 0.1) is 31.9 Å².